The standard InChI is InChI=1S/C11H25N/c1-6-9-10(4)12-11(5,7-2)8-3/h10,12H,6-9H2,1-5H3. The quantitative estimate of drug-likeness (QED) is 0.646. The van der Waals surface area contributed by atoms with Crippen molar-refractivity contribution in [2.24, 2.45) is 0 Å². The zero-order valence-corrected chi connectivity index (χ0v) is 9.41. The molecule has 0 aliphatic carbocycles. The molecule has 0 saturated carbocycles. The van der Waals surface area contributed by atoms with E-state index in [-0.39, 0.29) is 0 Å². The van der Waals surface area contributed by atoms with Crippen molar-refractivity contribution in [1.82, 2.24) is 5.32 Å². The highest BCUT2D eigenvalue weighted by atomic mass is 15.0. The van der Waals surface area contributed by atoms with Gasteiger partial charge < -0.3 is 5.32 Å². The molecule has 0 heterocycles. The van der Waals surface area contributed by atoms with Crippen LogP contribution in [0.2, 0.25) is 0 Å². The van der Waals surface area contributed by atoms with Gasteiger partial charge in [-0.2, -0.15) is 0 Å². The molecule has 0 aromatic heterocycles. The van der Waals surface area contributed by atoms with Gasteiger partial charge >= 0.3 is 0 Å². The van der Waals surface area contributed by atoms with Gasteiger partial charge in [0.05, 0.1) is 0 Å². The fourth-order valence-corrected chi connectivity index (χ4v) is 1.55. The molecule has 0 radical (unpaired) electrons. The van der Waals surface area contributed by atoms with E-state index in [9.17, 15) is 0 Å². The summed E-state index contributed by atoms with van der Waals surface area (Å²) < 4.78 is 0. The molecular formula is C11H25N. The number of nitrogens with one attached hydrogen (secondary N) is 1. The Morgan fingerprint density at radius 1 is 1.17 bits per heavy atom. The minimum Gasteiger partial charge on any atom is -0.309 e. The molecule has 12 heavy (non-hydrogen) atoms. The third-order valence-corrected chi connectivity index (χ3v) is 2.88. The lowest BCUT2D eigenvalue weighted by atomic mass is 9.94. The van der Waals surface area contributed by atoms with Crippen LogP contribution in [0, 0.1) is 0 Å². The van der Waals surface area contributed by atoms with E-state index in [4.69, 9.17) is 0 Å². The molecule has 1 nitrogen and oxygen atoms in total. The normalized spacial score (nSPS) is 14.8. The van der Waals surface area contributed by atoms with E-state index in [1.165, 1.54) is 25.7 Å². The third kappa shape index (κ3) is 4.10. The molecule has 0 spiro atoms. The number of rotatable bonds is 6. The summed E-state index contributed by atoms with van der Waals surface area (Å²) >= 11 is 0. The monoisotopic (exact) mass is 171 g/mol. The lowest BCUT2D eigenvalue weighted by Crippen LogP contribution is -2.46. The maximum absolute atomic E-state index is 3.69. The molecule has 0 aromatic rings. The van der Waals surface area contributed by atoms with E-state index >= 15 is 0 Å². The van der Waals surface area contributed by atoms with Crippen LogP contribution in [0.25, 0.3) is 0 Å². The number of hydrogen-bond acceptors (Lipinski definition) is 1. The van der Waals surface area contributed by atoms with Gasteiger partial charge in [0.1, 0.15) is 0 Å². The predicted molar refractivity (Wildman–Crippen MR) is 56.5 cm³/mol. The fourth-order valence-electron chi connectivity index (χ4n) is 1.55. The summed E-state index contributed by atoms with van der Waals surface area (Å²) in [6.45, 7) is 11.4. The molecule has 0 aliphatic heterocycles. The largest absolute Gasteiger partial charge is 0.309 e. The van der Waals surface area contributed by atoms with Crippen LogP contribution >= 0.6 is 0 Å². The van der Waals surface area contributed by atoms with Crippen molar-refractivity contribution < 1.29 is 0 Å². The molecular weight excluding hydrogens is 146 g/mol. The highest BCUT2D eigenvalue weighted by Crippen LogP contribution is 2.15. The van der Waals surface area contributed by atoms with E-state index in [1.54, 1.807) is 0 Å². The molecule has 1 N–H and O–H groups in total. The van der Waals surface area contributed by atoms with Crippen molar-refractivity contribution in [3.05, 3.63) is 0 Å². The lowest BCUT2D eigenvalue weighted by Gasteiger charge is -2.32. The summed E-state index contributed by atoms with van der Waals surface area (Å²) in [4.78, 5) is 0. The van der Waals surface area contributed by atoms with E-state index < -0.39 is 0 Å². The van der Waals surface area contributed by atoms with Gasteiger partial charge in [-0.15, -0.1) is 0 Å². The molecule has 0 fully saturated rings. The van der Waals surface area contributed by atoms with Crippen molar-refractivity contribution in [3.63, 3.8) is 0 Å². The number of hydrogen-bond donors (Lipinski definition) is 1. The first-order valence-corrected chi connectivity index (χ1v) is 5.35. The highest BCUT2D eigenvalue weighted by Gasteiger charge is 2.20. The van der Waals surface area contributed by atoms with Crippen molar-refractivity contribution in [2.45, 2.75) is 71.9 Å². The summed E-state index contributed by atoms with van der Waals surface area (Å²) in [6, 6.07) is 0.667. The van der Waals surface area contributed by atoms with E-state index in [0.717, 1.165) is 0 Å². The zero-order chi connectivity index (χ0) is 9.61. The van der Waals surface area contributed by atoms with E-state index in [0.29, 0.717) is 11.6 Å². The van der Waals surface area contributed by atoms with Gasteiger partial charge in [-0.1, -0.05) is 27.2 Å². The molecule has 1 heteroatoms. The Bertz CT molecular complexity index is 106. The Hall–Kier alpha value is -0.0400. The first-order chi connectivity index (χ1) is 5.58. The van der Waals surface area contributed by atoms with Crippen LogP contribution in [-0.2, 0) is 0 Å². The van der Waals surface area contributed by atoms with Crippen LogP contribution in [0.5, 0.6) is 0 Å². The maximum Gasteiger partial charge on any atom is 0.0150 e. The van der Waals surface area contributed by atoms with Gasteiger partial charge in [-0.05, 0) is 33.1 Å². The summed E-state index contributed by atoms with van der Waals surface area (Å²) in [7, 11) is 0. The van der Waals surface area contributed by atoms with Crippen LogP contribution in [0.1, 0.15) is 60.3 Å². The molecule has 0 aliphatic rings. The minimum absolute atomic E-state index is 0.356. The van der Waals surface area contributed by atoms with Crippen LogP contribution in [-0.4, -0.2) is 11.6 Å². The second kappa shape index (κ2) is 5.58. The molecule has 0 bridgehead atoms. The van der Waals surface area contributed by atoms with Gasteiger partial charge in [-0.25, -0.2) is 0 Å². The van der Waals surface area contributed by atoms with Gasteiger partial charge in [0.15, 0.2) is 0 Å². The predicted octanol–water partition coefficient (Wildman–Crippen LogP) is 3.34. The Balaban J connectivity index is 3.84. The van der Waals surface area contributed by atoms with Crippen molar-refractivity contribution >= 4 is 0 Å². The zero-order valence-electron chi connectivity index (χ0n) is 9.41. The average molecular weight is 171 g/mol. The molecule has 0 saturated heterocycles. The summed E-state index contributed by atoms with van der Waals surface area (Å²) in [5, 5.41) is 3.69. The Morgan fingerprint density at radius 3 is 2.00 bits per heavy atom. The fraction of sp³-hybridized carbons (Fsp3) is 1.00. The van der Waals surface area contributed by atoms with Crippen molar-refractivity contribution in [2.75, 3.05) is 0 Å². The Labute approximate surface area is 77.9 Å². The Morgan fingerprint density at radius 2 is 1.67 bits per heavy atom. The van der Waals surface area contributed by atoms with Crippen LogP contribution in [0.4, 0.5) is 0 Å². The van der Waals surface area contributed by atoms with E-state index in [2.05, 4.69) is 39.9 Å². The van der Waals surface area contributed by atoms with Gasteiger partial charge in [0.2, 0.25) is 0 Å². The molecule has 0 rings (SSSR count). The first-order valence-electron chi connectivity index (χ1n) is 5.35. The second-order valence-electron chi connectivity index (χ2n) is 4.10. The Kier molecular flexibility index (Phi) is 5.56. The smallest absolute Gasteiger partial charge is 0.0150 e. The SMILES string of the molecule is CCCC(C)NC(C)(CC)CC. The molecule has 1 atom stereocenters. The van der Waals surface area contributed by atoms with Crippen molar-refractivity contribution in [3.8, 4) is 0 Å². The van der Waals surface area contributed by atoms with Crippen LogP contribution in [0.15, 0.2) is 0 Å². The third-order valence-electron chi connectivity index (χ3n) is 2.88. The summed E-state index contributed by atoms with van der Waals surface area (Å²) in [5.74, 6) is 0. The maximum atomic E-state index is 3.69. The van der Waals surface area contributed by atoms with Gasteiger partial charge in [0.25, 0.3) is 0 Å². The minimum atomic E-state index is 0.356. The molecule has 0 aromatic carbocycles. The topological polar surface area (TPSA) is 12.0 Å². The second-order valence-corrected chi connectivity index (χ2v) is 4.10. The van der Waals surface area contributed by atoms with Crippen LogP contribution in [0.3, 0.4) is 0 Å². The summed E-state index contributed by atoms with van der Waals surface area (Å²) in [6.07, 6.45) is 5.00. The van der Waals surface area contributed by atoms with Crippen molar-refractivity contribution in [1.29, 1.82) is 0 Å². The molecule has 0 amide bonds. The molecule has 74 valence electrons. The summed E-state index contributed by atoms with van der Waals surface area (Å²) in [5.41, 5.74) is 0.356. The van der Waals surface area contributed by atoms with Gasteiger partial charge in [-0.3, -0.25) is 0 Å². The van der Waals surface area contributed by atoms with Gasteiger partial charge in [0, 0.05) is 11.6 Å². The molecule has 1 unspecified atom stereocenters. The highest BCUT2D eigenvalue weighted by molar-refractivity contribution is 4.82. The lowest BCUT2D eigenvalue weighted by molar-refractivity contribution is 0.289. The van der Waals surface area contributed by atoms with E-state index in [1.807, 2.05) is 0 Å². The average Bonchev–Trinajstić information content (AvgIpc) is 2.05. The first kappa shape index (κ1) is 12.0. The van der Waals surface area contributed by atoms with Crippen LogP contribution < -0.4 is 5.32 Å².